The largest absolute Gasteiger partial charge is 0.507 e. The number of phenolic OH excluding ortho intramolecular Hbond substituents is 1. The number of phenols is 1. The van der Waals surface area contributed by atoms with Crippen LogP contribution in [0.3, 0.4) is 0 Å². The van der Waals surface area contributed by atoms with Crippen molar-refractivity contribution in [3.63, 3.8) is 0 Å². The maximum Gasteiger partial charge on any atom is 0.122 e. The van der Waals surface area contributed by atoms with E-state index < -0.39 is 0 Å². The van der Waals surface area contributed by atoms with Gasteiger partial charge in [0, 0.05) is 12.2 Å². The van der Waals surface area contributed by atoms with Crippen molar-refractivity contribution in [3.8, 4) is 5.75 Å². The van der Waals surface area contributed by atoms with Crippen LogP contribution in [0.4, 0.5) is 0 Å². The molecular weight excluding hydrogens is 248 g/mol. The predicted octanol–water partition coefficient (Wildman–Crippen LogP) is 4.34. The van der Waals surface area contributed by atoms with Crippen molar-refractivity contribution < 1.29 is 10.2 Å². The van der Waals surface area contributed by atoms with E-state index in [2.05, 4.69) is 40.7 Å². The maximum atomic E-state index is 10.4. The summed E-state index contributed by atoms with van der Waals surface area (Å²) in [5.41, 5.74) is 3.30. The molecule has 0 unspecified atom stereocenters. The van der Waals surface area contributed by atoms with Crippen molar-refractivity contribution in [3.05, 3.63) is 28.8 Å². The van der Waals surface area contributed by atoms with E-state index in [1.54, 1.807) is 0 Å². The van der Waals surface area contributed by atoms with Crippen LogP contribution in [0.5, 0.6) is 5.75 Å². The zero-order chi connectivity index (χ0) is 15.6. The van der Waals surface area contributed by atoms with Gasteiger partial charge in [0.05, 0.1) is 0 Å². The number of aliphatic hydroxyl groups excluding tert-OH is 1. The van der Waals surface area contributed by atoms with Crippen LogP contribution in [0.2, 0.25) is 0 Å². The molecule has 0 spiro atoms. The summed E-state index contributed by atoms with van der Waals surface area (Å²) in [5, 5.41) is 19.4. The lowest BCUT2D eigenvalue weighted by Crippen LogP contribution is -2.25. The Kier molecular flexibility index (Phi) is 5.26. The molecule has 0 aromatic heterocycles. The summed E-state index contributed by atoms with van der Waals surface area (Å²) in [6.45, 7) is 13.2. The first-order chi connectivity index (χ1) is 9.07. The molecule has 0 saturated heterocycles. The summed E-state index contributed by atoms with van der Waals surface area (Å²) >= 11 is 0. The predicted molar refractivity (Wildman–Crippen MR) is 85.3 cm³/mol. The molecule has 0 bridgehead atoms. The first kappa shape index (κ1) is 17.0. The molecule has 0 saturated carbocycles. The number of aliphatic hydroxyl groups is 1. The lowest BCUT2D eigenvalue weighted by atomic mass is 9.71. The van der Waals surface area contributed by atoms with E-state index in [4.69, 9.17) is 5.11 Å². The Morgan fingerprint density at radius 3 is 2.15 bits per heavy atom. The Bertz CT molecular complexity index is 453. The third-order valence-corrected chi connectivity index (χ3v) is 3.69. The molecule has 0 radical (unpaired) electrons. The Morgan fingerprint density at radius 2 is 1.65 bits per heavy atom. The van der Waals surface area contributed by atoms with Crippen molar-refractivity contribution in [2.45, 2.75) is 66.2 Å². The number of aryl methyl sites for hydroxylation is 2. The van der Waals surface area contributed by atoms with Gasteiger partial charge in [0.2, 0.25) is 0 Å². The molecule has 114 valence electrons. The quantitative estimate of drug-likeness (QED) is 0.841. The van der Waals surface area contributed by atoms with Gasteiger partial charge in [-0.05, 0) is 48.1 Å². The van der Waals surface area contributed by atoms with Crippen LogP contribution in [0.15, 0.2) is 12.1 Å². The van der Waals surface area contributed by atoms with Gasteiger partial charge >= 0.3 is 0 Å². The molecule has 2 nitrogen and oxygen atoms in total. The van der Waals surface area contributed by atoms with Crippen molar-refractivity contribution in [1.82, 2.24) is 0 Å². The van der Waals surface area contributed by atoms with Gasteiger partial charge < -0.3 is 10.2 Å². The van der Waals surface area contributed by atoms with E-state index in [-0.39, 0.29) is 17.4 Å². The number of rotatable bonds is 5. The standard InChI is InChI=1S/C18H30O2/c1-13-10-14(8-7-9-19)11-15(16(13)20)18(5,6)12-17(2,3)4/h10-11,19-20H,7-9,12H2,1-6H3. The maximum absolute atomic E-state index is 10.4. The smallest absolute Gasteiger partial charge is 0.122 e. The average molecular weight is 278 g/mol. The summed E-state index contributed by atoms with van der Waals surface area (Å²) < 4.78 is 0. The van der Waals surface area contributed by atoms with Crippen LogP contribution in [0.25, 0.3) is 0 Å². The summed E-state index contributed by atoms with van der Waals surface area (Å²) in [5.74, 6) is 0.423. The number of hydrogen-bond donors (Lipinski definition) is 2. The Balaban J connectivity index is 3.18. The van der Waals surface area contributed by atoms with Gasteiger partial charge in [-0.3, -0.25) is 0 Å². The zero-order valence-electron chi connectivity index (χ0n) is 13.9. The summed E-state index contributed by atoms with van der Waals surface area (Å²) in [6.07, 6.45) is 2.63. The topological polar surface area (TPSA) is 40.5 Å². The van der Waals surface area contributed by atoms with Crippen molar-refractivity contribution in [2.24, 2.45) is 5.41 Å². The van der Waals surface area contributed by atoms with E-state index in [0.29, 0.717) is 5.75 Å². The lowest BCUT2D eigenvalue weighted by Gasteiger charge is -2.34. The summed E-state index contributed by atoms with van der Waals surface area (Å²) in [4.78, 5) is 0. The number of benzene rings is 1. The molecule has 0 aliphatic rings. The molecule has 1 rings (SSSR count). The first-order valence-electron chi connectivity index (χ1n) is 7.51. The SMILES string of the molecule is Cc1cc(CCCO)cc(C(C)(C)CC(C)(C)C)c1O. The minimum absolute atomic E-state index is 0.0671. The van der Waals surface area contributed by atoms with Crippen LogP contribution >= 0.6 is 0 Å². The molecular formula is C18H30O2. The third kappa shape index (κ3) is 4.52. The van der Waals surface area contributed by atoms with E-state index in [0.717, 1.165) is 30.4 Å². The van der Waals surface area contributed by atoms with Gasteiger partial charge in [-0.15, -0.1) is 0 Å². The molecule has 0 aliphatic heterocycles. The Hall–Kier alpha value is -1.02. The van der Waals surface area contributed by atoms with Gasteiger partial charge in [-0.2, -0.15) is 0 Å². The molecule has 0 heterocycles. The van der Waals surface area contributed by atoms with E-state index in [1.165, 1.54) is 5.56 Å². The molecule has 20 heavy (non-hydrogen) atoms. The normalized spacial score (nSPS) is 12.8. The van der Waals surface area contributed by atoms with E-state index >= 15 is 0 Å². The minimum atomic E-state index is -0.0671. The average Bonchev–Trinajstić information content (AvgIpc) is 2.27. The van der Waals surface area contributed by atoms with Gasteiger partial charge in [0.25, 0.3) is 0 Å². The van der Waals surface area contributed by atoms with Crippen molar-refractivity contribution in [2.75, 3.05) is 6.61 Å². The lowest BCUT2D eigenvalue weighted by molar-refractivity contribution is 0.278. The fourth-order valence-corrected chi connectivity index (χ4v) is 3.22. The van der Waals surface area contributed by atoms with Crippen LogP contribution in [-0.2, 0) is 11.8 Å². The summed E-state index contributed by atoms with van der Waals surface area (Å²) in [6, 6.07) is 4.14. The minimum Gasteiger partial charge on any atom is -0.507 e. The fraction of sp³-hybridized carbons (Fsp3) is 0.667. The number of aromatic hydroxyl groups is 1. The highest BCUT2D eigenvalue weighted by Crippen LogP contribution is 2.41. The molecule has 0 fully saturated rings. The molecule has 1 aromatic carbocycles. The second-order valence-electron chi connectivity index (χ2n) is 7.76. The number of hydrogen-bond acceptors (Lipinski definition) is 2. The Morgan fingerprint density at radius 1 is 1.05 bits per heavy atom. The van der Waals surface area contributed by atoms with Gasteiger partial charge in [0.15, 0.2) is 0 Å². The van der Waals surface area contributed by atoms with Crippen molar-refractivity contribution in [1.29, 1.82) is 0 Å². The highest BCUT2D eigenvalue weighted by atomic mass is 16.3. The van der Waals surface area contributed by atoms with Crippen molar-refractivity contribution >= 4 is 0 Å². The highest BCUT2D eigenvalue weighted by molar-refractivity contribution is 5.46. The molecule has 1 aromatic rings. The Labute approximate surface area is 123 Å². The van der Waals surface area contributed by atoms with Gasteiger partial charge in [-0.25, -0.2) is 0 Å². The fourth-order valence-electron chi connectivity index (χ4n) is 3.22. The molecule has 0 aliphatic carbocycles. The van der Waals surface area contributed by atoms with Gasteiger partial charge in [0.1, 0.15) is 5.75 Å². The van der Waals surface area contributed by atoms with E-state index in [9.17, 15) is 5.11 Å². The molecule has 2 N–H and O–H groups in total. The molecule has 0 atom stereocenters. The second kappa shape index (κ2) is 6.17. The van der Waals surface area contributed by atoms with Gasteiger partial charge in [-0.1, -0.05) is 46.8 Å². The zero-order valence-corrected chi connectivity index (χ0v) is 13.9. The van der Waals surface area contributed by atoms with Crippen LogP contribution < -0.4 is 0 Å². The van der Waals surface area contributed by atoms with Crippen LogP contribution in [0.1, 0.15) is 64.2 Å². The molecule has 0 amide bonds. The second-order valence-corrected chi connectivity index (χ2v) is 7.76. The van der Waals surface area contributed by atoms with Crippen LogP contribution in [-0.4, -0.2) is 16.8 Å². The summed E-state index contributed by atoms with van der Waals surface area (Å²) in [7, 11) is 0. The van der Waals surface area contributed by atoms with E-state index in [1.807, 2.05) is 13.0 Å². The molecule has 2 heteroatoms. The highest BCUT2D eigenvalue weighted by Gasteiger charge is 2.30. The third-order valence-electron chi connectivity index (χ3n) is 3.69. The monoisotopic (exact) mass is 278 g/mol. The first-order valence-corrected chi connectivity index (χ1v) is 7.51. The van der Waals surface area contributed by atoms with Crippen LogP contribution in [0, 0.1) is 12.3 Å².